The molecule has 1 aromatic rings. The zero-order valence-electron chi connectivity index (χ0n) is 11.6. The Balaban J connectivity index is 2.70. The zero-order chi connectivity index (χ0) is 15.0. The first kappa shape index (κ1) is 15.9. The second-order valence-corrected chi connectivity index (χ2v) is 4.27. The summed E-state index contributed by atoms with van der Waals surface area (Å²) in [5, 5.41) is 0. The third-order valence-electron chi connectivity index (χ3n) is 2.75. The normalized spacial score (nSPS) is 11.5. The number of ketones is 1. The summed E-state index contributed by atoms with van der Waals surface area (Å²) in [6, 6.07) is 8.42. The molecule has 0 bridgehead atoms. The Labute approximate surface area is 117 Å². The lowest BCUT2D eigenvalue weighted by atomic mass is 10.1. The van der Waals surface area contributed by atoms with Crippen molar-refractivity contribution < 1.29 is 23.9 Å². The molecule has 0 fully saturated rings. The van der Waals surface area contributed by atoms with Crippen molar-refractivity contribution in [2.75, 3.05) is 7.11 Å². The van der Waals surface area contributed by atoms with Crippen LogP contribution >= 0.6 is 0 Å². The molecule has 0 spiro atoms. The maximum Gasteiger partial charge on any atom is 0.338 e. The van der Waals surface area contributed by atoms with Crippen molar-refractivity contribution in [1.82, 2.24) is 0 Å². The molecule has 0 saturated heterocycles. The molecule has 0 N–H and O–H groups in total. The monoisotopic (exact) mass is 278 g/mol. The minimum atomic E-state index is -0.789. The SMILES string of the molecule is CCC(=O)CC(CC(=O)OC)OC(=O)c1ccccc1. The second kappa shape index (κ2) is 8.09. The van der Waals surface area contributed by atoms with Crippen molar-refractivity contribution in [3.05, 3.63) is 35.9 Å². The van der Waals surface area contributed by atoms with Gasteiger partial charge in [-0.3, -0.25) is 9.59 Å². The zero-order valence-corrected chi connectivity index (χ0v) is 11.6. The van der Waals surface area contributed by atoms with Gasteiger partial charge in [0, 0.05) is 12.8 Å². The van der Waals surface area contributed by atoms with E-state index in [-0.39, 0.29) is 18.6 Å². The number of benzene rings is 1. The molecule has 0 aromatic heterocycles. The van der Waals surface area contributed by atoms with Crippen LogP contribution in [0.25, 0.3) is 0 Å². The molecule has 1 rings (SSSR count). The summed E-state index contributed by atoms with van der Waals surface area (Å²) >= 11 is 0. The van der Waals surface area contributed by atoms with E-state index in [1.807, 2.05) is 0 Å². The van der Waals surface area contributed by atoms with Gasteiger partial charge in [-0.05, 0) is 12.1 Å². The lowest BCUT2D eigenvalue weighted by Gasteiger charge is -2.16. The van der Waals surface area contributed by atoms with E-state index in [0.29, 0.717) is 12.0 Å². The standard InChI is InChI=1S/C15H18O5/c1-3-12(16)9-13(10-14(17)19-2)20-15(18)11-7-5-4-6-8-11/h4-8,13H,3,9-10H2,1-2H3. The van der Waals surface area contributed by atoms with Crippen LogP contribution in [0.1, 0.15) is 36.5 Å². The van der Waals surface area contributed by atoms with Gasteiger partial charge < -0.3 is 9.47 Å². The number of hydrogen-bond donors (Lipinski definition) is 0. The third kappa shape index (κ3) is 5.22. The third-order valence-corrected chi connectivity index (χ3v) is 2.75. The summed E-state index contributed by atoms with van der Waals surface area (Å²) in [6.07, 6.45) is -0.562. The van der Waals surface area contributed by atoms with Gasteiger partial charge in [-0.1, -0.05) is 25.1 Å². The average Bonchev–Trinajstić information content (AvgIpc) is 2.47. The molecule has 5 nitrogen and oxygen atoms in total. The first-order chi connectivity index (χ1) is 9.56. The van der Waals surface area contributed by atoms with E-state index in [1.54, 1.807) is 37.3 Å². The van der Waals surface area contributed by atoms with Gasteiger partial charge in [-0.2, -0.15) is 0 Å². The molecule has 0 aliphatic heterocycles. The number of ether oxygens (including phenoxy) is 2. The van der Waals surface area contributed by atoms with E-state index in [1.165, 1.54) is 7.11 Å². The predicted molar refractivity (Wildman–Crippen MR) is 72.2 cm³/mol. The van der Waals surface area contributed by atoms with Crippen molar-refractivity contribution >= 4 is 17.7 Å². The molecule has 1 aromatic carbocycles. The fourth-order valence-corrected chi connectivity index (χ4v) is 1.62. The molecule has 1 atom stereocenters. The smallest absolute Gasteiger partial charge is 0.338 e. The van der Waals surface area contributed by atoms with E-state index in [4.69, 9.17) is 4.74 Å². The van der Waals surface area contributed by atoms with Crippen LogP contribution in [0.4, 0.5) is 0 Å². The Kier molecular flexibility index (Phi) is 6.43. The van der Waals surface area contributed by atoms with Gasteiger partial charge in [-0.15, -0.1) is 0 Å². The van der Waals surface area contributed by atoms with Crippen molar-refractivity contribution in [2.24, 2.45) is 0 Å². The van der Waals surface area contributed by atoms with Crippen LogP contribution in [-0.4, -0.2) is 30.9 Å². The molecule has 0 amide bonds. The van der Waals surface area contributed by atoms with Gasteiger partial charge in [0.15, 0.2) is 0 Å². The maximum atomic E-state index is 11.9. The highest BCUT2D eigenvalue weighted by molar-refractivity contribution is 5.90. The molecule has 5 heteroatoms. The summed E-state index contributed by atoms with van der Waals surface area (Å²) in [7, 11) is 1.25. The highest BCUT2D eigenvalue weighted by Crippen LogP contribution is 2.11. The van der Waals surface area contributed by atoms with Gasteiger partial charge in [-0.25, -0.2) is 4.79 Å². The van der Waals surface area contributed by atoms with E-state index in [9.17, 15) is 14.4 Å². The van der Waals surface area contributed by atoms with Crippen LogP contribution in [0.15, 0.2) is 30.3 Å². The predicted octanol–water partition coefficient (Wildman–Crippen LogP) is 2.14. The van der Waals surface area contributed by atoms with Gasteiger partial charge in [0.05, 0.1) is 19.1 Å². The fourth-order valence-electron chi connectivity index (χ4n) is 1.62. The molecule has 20 heavy (non-hydrogen) atoms. The van der Waals surface area contributed by atoms with Gasteiger partial charge >= 0.3 is 11.9 Å². The van der Waals surface area contributed by atoms with E-state index in [2.05, 4.69) is 4.74 Å². The molecular formula is C15H18O5. The van der Waals surface area contributed by atoms with Gasteiger partial charge in [0.2, 0.25) is 0 Å². The summed E-state index contributed by atoms with van der Waals surface area (Å²) in [6.45, 7) is 1.72. The Morgan fingerprint density at radius 1 is 1.10 bits per heavy atom. The number of methoxy groups -OCH3 is 1. The Hall–Kier alpha value is -2.17. The Bertz CT molecular complexity index is 448. The Morgan fingerprint density at radius 3 is 2.30 bits per heavy atom. The minimum Gasteiger partial charge on any atom is -0.469 e. The number of carbonyl (C=O) groups excluding carboxylic acids is 3. The number of esters is 2. The molecule has 0 heterocycles. The molecule has 0 aliphatic carbocycles. The summed E-state index contributed by atoms with van der Waals surface area (Å²) < 4.78 is 9.76. The van der Waals surface area contributed by atoms with E-state index < -0.39 is 18.0 Å². The molecule has 0 radical (unpaired) electrons. The highest BCUT2D eigenvalue weighted by Gasteiger charge is 2.22. The van der Waals surface area contributed by atoms with E-state index in [0.717, 1.165) is 0 Å². The summed E-state index contributed by atoms with van der Waals surface area (Å²) in [5.74, 6) is -1.14. The Morgan fingerprint density at radius 2 is 1.75 bits per heavy atom. The largest absolute Gasteiger partial charge is 0.469 e. The van der Waals surface area contributed by atoms with Crippen molar-refractivity contribution in [2.45, 2.75) is 32.3 Å². The topological polar surface area (TPSA) is 69.7 Å². The molecule has 0 saturated carbocycles. The number of rotatable bonds is 7. The van der Waals surface area contributed by atoms with Crippen LogP contribution in [0.5, 0.6) is 0 Å². The van der Waals surface area contributed by atoms with Gasteiger partial charge in [0.1, 0.15) is 11.9 Å². The van der Waals surface area contributed by atoms with Crippen LogP contribution in [0, 0.1) is 0 Å². The lowest BCUT2D eigenvalue weighted by molar-refractivity contribution is -0.143. The molecular weight excluding hydrogens is 260 g/mol. The minimum absolute atomic E-state index is 0.0180. The summed E-state index contributed by atoms with van der Waals surface area (Å²) in [4.78, 5) is 34.7. The van der Waals surface area contributed by atoms with Crippen LogP contribution in [-0.2, 0) is 19.1 Å². The van der Waals surface area contributed by atoms with Gasteiger partial charge in [0.25, 0.3) is 0 Å². The number of Topliss-reactive ketones (excluding diaryl/α,β-unsaturated/α-hetero) is 1. The van der Waals surface area contributed by atoms with Crippen LogP contribution in [0.2, 0.25) is 0 Å². The van der Waals surface area contributed by atoms with Crippen molar-refractivity contribution in [3.8, 4) is 0 Å². The lowest BCUT2D eigenvalue weighted by Crippen LogP contribution is -2.25. The van der Waals surface area contributed by atoms with Crippen molar-refractivity contribution in [3.63, 3.8) is 0 Å². The first-order valence-corrected chi connectivity index (χ1v) is 6.41. The van der Waals surface area contributed by atoms with Crippen LogP contribution in [0.3, 0.4) is 0 Å². The highest BCUT2D eigenvalue weighted by atomic mass is 16.6. The quantitative estimate of drug-likeness (QED) is 0.715. The summed E-state index contributed by atoms with van der Waals surface area (Å²) in [5.41, 5.74) is 0.381. The number of hydrogen-bond acceptors (Lipinski definition) is 5. The van der Waals surface area contributed by atoms with E-state index >= 15 is 0 Å². The maximum absolute atomic E-state index is 11.9. The number of carbonyl (C=O) groups is 3. The molecule has 1 unspecified atom stereocenters. The van der Waals surface area contributed by atoms with Crippen molar-refractivity contribution in [1.29, 1.82) is 0 Å². The second-order valence-electron chi connectivity index (χ2n) is 4.27. The average molecular weight is 278 g/mol. The first-order valence-electron chi connectivity index (χ1n) is 6.41. The van der Waals surface area contributed by atoms with Crippen LogP contribution < -0.4 is 0 Å². The molecule has 108 valence electrons. The molecule has 0 aliphatic rings. The fraction of sp³-hybridized carbons (Fsp3) is 0.400.